The van der Waals surface area contributed by atoms with Crippen molar-refractivity contribution in [1.82, 2.24) is 10.6 Å². The maximum Gasteiger partial charge on any atom is 0.0693 e. The van der Waals surface area contributed by atoms with E-state index < -0.39 is 0 Å². The Balaban J connectivity index is 2.00. The molecule has 0 saturated carbocycles. The van der Waals surface area contributed by atoms with Crippen molar-refractivity contribution in [1.29, 1.82) is 0 Å². The number of aryl methyl sites for hydroxylation is 2. The third-order valence-electron chi connectivity index (χ3n) is 8.55. The predicted molar refractivity (Wildman–Crippen MR) is 192 cm³/mol. The number of rotatable bonds is 19. The van der Waals surface area contributed by atoms with Crippen LogP contribution >= 0.6 is 0 Å². The van der Waals surface area contributed by atoms with Gasteiger partial charge in [0.1, 0.15) is 0 Å². The van der Waals surface area contributed by atoms with Crippen LogP contribution in [-0.2, 0) is 6.42 Å². The molecule has 4 atom stereocenters. The van der Waals surface area contributed by atoms with E-state index in [-0.39, 0.29) is 6.04 Å². The summed E-state index contributed by atoms with van der Waals surface area (Å²) in [5.41, 5.74) is 9.84. The van der Waals surface area contributed by atoms with Gasteiger partial charge in [0.25, 0.3) is 0 Å². The Hall–Kier alpha value is -3.26. The molecule has 0 aromatic heterocycles. The van der Waals surface area contributed by atoms with Gasteiger partial charge in [-0.15, -0.1) is 0 Å². The van der Waals surface area contributed by atoms with Crippen LogP contribution in [0.3, 0.4) is 0 Å². The Kier molecular flexibility index (Phi) is 15.4. The van der Waals surface area contributed by atoms with Crippen molar-refractivity contribution in [3.05, 3.63) is 125 Å². The van der Waals surface area contributed by atoms with E-state index in [0.29, 0.717) is 17.8 Å². The second-order valence-corrected chi connectivity index (χ2v) is 13.4. The monoisotopic (exact) mass is 580 g/mol. The molecular weight excluding hydrogens is 520 g/mol. The number of hydrogen-bond donors (Lipinski definition) is 2. The summed E-state index contributed by atoms with van der Waals surface area (Å²) in [4.78, 5) is 0. The minimum Gasteiger partial charge on any atom is -0.387 e. The Morgan fingerprint density at radius 3 is 2.19 bits per heavy atom. The van der Waals surface area contributed by atoms with Gasteiger partial charge >= 0.3 is 0 Å². The van der Waals surface area contributed by atoms with Crippen LogP contribution in [0.4, 0.5) is 0 Å². The van der Waals surface area contributed by atoms with E-state index >= 15 is 0 Å². The summed E-state index contributed by atoms with van der Waals surface area (Å²) < 4.78 is 0. The Bertz CT molecular complexity index is 1210. The quantitative estimate of drug-likeness (QED) is 0.128. The number of benzene rings is 2. The van der Waals surface area contributed by atoms with Gasteiger partial charge in [-0.1, -0.05) is 121 Å². The molecule has 234 valence electrons. The Morgan fingerprint density at radius 2 is 1.56 bits per heavy atom. The van der Waals surface area contributed by atoms with Crippen molar-refractivity contribution in [2.24, 2.45) is 23.7 Å². The van der Waals surface area contributed by atoms with Crippen LogP contribution in [0.5, 0.6) is 0 Å². The van der Waals surface area contributed by atoms with E-state index in [0.717, 1.165) is 49.5 Å². The topological polar surface area (TPSA) is 24.1 Å². The summed E-state index contributed by atoms with van der Waals surface area (Å²) in [6.07, 6.45) is 14.2. The summed E-state index contributed by atoms with van der Waals surface area (Å²) in [6.45, 7) is 32.2. The molecule has 0 amide bonds. The van der Waals surface area contributed by atoms with Crippen molar-refractivity contribution in [3.63, 3.8) is 0 Å². The SMILES string of the molecule is C=C(/C=C/CCC(C)/C=C/c1ccccc1)N[C@H](Cc1cc(C)c(C)c(C)c1)C(=C)NCC(C)C(=C)CC(C)CC(C)C. The van der Waals surface area contributed by atoms with Gasteiger partial charge in [0.15, 0.2) is 0 Å². The third kappa shape index (κ3) is 13.7. The molecule has 3 unspecified atom stereocenters. The van der Waals surface area contributed by atoms with E-state index in [2.05, 4.69) is 153 Å². The van der Waals surface area contributed by atoms with Crippen LogP contribution in [-0.4, -0.2) is 12.6 Å². The van der Waals surface area contributed by atoms with Crippen LogP contribution < -0.4 is 10.6 Å². The molecular formula is C41H60N2. The van der Waals surface area contributed by atoms with Gasteiger partial charge in [0.05, 0.1) is 6.04 Å². The maximum atomic E-state index is 4.49. The minimum atomic E-state index is 0.0340. The highest BCUT2D eigenvalue weighted by Gasteiger charge is 2.17. The molecule has 0 fully saturated rings. The molecule has 2 heteroatoms. The van der Waals surface area contributed by atoms with Crippen LogP contribution in [0.1, 0.15) is 88.1 Å². The number of nitrogens with one attached hydrogen (secondary N) is 2. The van der Waals surface area contributed by atoms with Gasteiger partial charge < -0.3 is 10.6 Å². The third-order valence-corrected chi connectivity index (χ3v) is 8.55. The molecule has 0 aliphatic rings. The lowest BCUT2D eigenvalue weighted by molar-refractivity contribution is 0.420. The van der Waals surface area contributed by atoms with Gasteiger partial charge in [-0.05, 0) is 110 Å². The van der Waals surface area contributed by atoms with Crippen LogP contribution in [0, 0.1) is 44.4 Å². The normalized spacial score (nSPS) is 14.5. The molecule has 2 aromatic rings. The molecule has 2 aromatic carbocycles. The summed E-state index contributed by atoms with van der Waals surface area (Å²) >= 11 is 0. The molecule has 43 heavy (non-hydrogen) atoms. The van der Waals surface area contributed by atoms with Crippen molar-refractivity contribution in [3.8, 4) is 0 Å². The van der Waals surface area contributed by atoms with Crippen molar-refractivity contribution in [2.45, 2.75) is 93.5 Å². The number of allylic oxidation sites excluding steroid dienone is 3. The van der Waals surface area contributed by atoms with Gasteiger partial charge in [-0.3, -0.25) is 0 Å². The highest BCUT2D eigenvalue weighted by Crippen LogP contribution is 2.23. The summed E-state index contributed by atoms with van der Waals surface area (Å²) in [5.74, 6) is 2.29. The molecule has 0 bridgehead atoms. The lowest BCUT2D eigenvalue weighted by atomic mass is 9.88. The van der Waals surface area contributed by atoms with Crippen LogP contribution in [0.2, 0.25) is 0 Å². The first-order valence-electron chi connectivity index (χ1n) is 16.4. The highest BCUT2D eigenvalue weighted by molar-refractivity contribution is 5.48. The van der Waals surface area contributed by atoms with Crippen molar-refractivity contribution in [2.75, 3.05) is 6.54 Å². The molecule has 0 heterocycles. The lowest BCUT2D eigenvalue weighted by Crippen LogP contribution is -2.38. The molecule has 2 N–H and O–H groups in total. The lowest BCUT2D eigenvalue weighted by Gasteiger charge is -2.26. The molecule has 0 radical (unpaired) electrons. The fraction of sp³-hybridized carbons (Fsp3) is 0.463. The first kappa shape index (κ1) is 35.9. The molecule has 0 aliphatic heterocycles. The van der Waals surface area contributed by atoms with Crippen LogP contribution in [0.15, 0.2) is 97.4 Å². The maximum absolute atomic E-state index is 4.49. The first-order valence-corrected chi connectivity index (χ1v) is 16.4. The van der Waals surface area contributed by atoms with E-state index in [4.69, 9.17) is 0 Å². The van der Waals surface area contributed by atoms with Crippen molar-refractivity contribution < 1.29 is 0 Å². The minimum absolute atomic E-state index is 0.0340. The fourth-order valence-corrected chi connectivity index (χ4v) is 5.62. The second-order valence-electron chi connectivity index (χ2n) is 13.4. The molecule has 0 saturated heterocycles. The fourth-order valence-electron chi connectivity index (χ4n) is 5.62. The zero-order valence-corrected chi connectivity index (χ0v) is 28.6. The average Bonchev–Trinajstić information content (AvgIpc) is 2.95. The van der Waals surface area contributed by atoms with Crippen molar-refractivity contribution >= 4 is 6.08 Å². The summed E-state index contributed by atoms with van der Waals surface area (Å²) in [5, 5.41) is 7.34. The second kappa shape index (κ2) is 18.4. The van der Waals surface area contributed by atoms with E-state index in [1.165, 1.54) is 39.8 Å². The zero-order valence-electron chi connectivity index (χ0n) is 28.6. The standard InChI is InChI=1S/C41H60N2/c1-29(2)23-31(4)24-32(5)35(8)28-42-38(11)41(27-40-25-33(6)37(10)34(7)26-40)43-36(9)18-16-15-17-30(3)21-22-39-19-13-12-14-20-39/h12-14,16,18-22,25-26,29-31,35,41-43H,5,9,11,15,17,23-24,27-28H2,1-4,6-8,10H3/b18-16+,22-21+/t30?,31?,35?,41-/m1/s1. The van der Waals surface area contributed by atoms with Gasteiger partial charge in [0, 0.05) is 17.9 Å². The summed E-state index contributed by atoms with van der Waals surface area (Å²) in [7, 11) is 0. The molecule has 2 nitrogen and oxygen atoms in total. The average molecular weight is 581 g/mol. The van der Waals surface area contributed by atoms with Gasteiger partial charge in [0.2, 0.25) is 0 Å². The first-order chi connectivity index (χ1) is 20.3. The summed E-state index contributed by atoms with van der Waals surface area (Å²) in [6, 6.07) is 15.2. The molecule has 0 aliphatic carbocycles. The Labute approximate surface area is 265 Å². The van der Waals surface area contributed by atoms with E-state index in [9.17, 15) is 0 Å². The van der Waals surface area contributed by atoms with Gasteiger partial charge in [-0.25, -0.2) is 0 Å². The highest BCUT2D eigenvalue weighted by atomic mass is 15.0. The smallest absolute Gasteiger partial charge is 0.0693 e. The van der Waals surface area contributed by atoms with Crippen LogP contribution in [0.25, 0.3) is 6.08 Å². The zero-order chi connectivity index (χ0) is 31.9. The largest absolute Gasteiger partial charge is 0.387 e. The molecule has 0 spiro atoms. The van der Waals surface area contributed by atoms with E-state index in [1.807, 2.05) is 0 Å². The number of hydrogen-bond acceptors (Lipinski definition) is 2. The molecule has 2 rings (SSSR count). The van der Waals surface area contributed by atoms with Gasteiger partial charge in [-0.2, -0.15) is 0 Å². The predicted octanol–water partition coefficient (Wildman–Crippen LogP) is 10.7. The van der Waals surface area contributed by atoms with E-state index in [1.54, 1.807) is 0 Å². The Morgan fingerprint density at radius 1 is 0.907 bits per heavy atom.